The second kappa shape index (κ2) is 6.35. The predicted octanol–water partition coefficient (Wildman–Crippen LogP) is 2.72. The first kappa shape index (κ1) is 14.4. The highest BCUT2D eigenvalue weighted by molar-refractivity contribution is 5.63. The van der Waals surface area contributed by atoms with E-state index in [1.165, 1.54) is 6.07 Å². The minimum atomic E-state index is -0.411. The molecule has 18 heavy (non-hydrogen) atoms. The van der Waals surface area contributed by atoms with Gasteiger partial charge in [0.2, 0.25) is 0 Å². The summed E-state index contributed by atoms with van der Waals surface area (Å²) in [4.78, 5) is 10.5. The van der Waals surface area contributed by atoms with E-state index in [1.54, 1.807) is 12.1 Å². The third-order valence-corrected chi connectivity index (χ3v) is 2.68. The normalized spacial score (nSPS) is 12.5. The van der Waals surface area contributed by atoms with Gasteiger partial charge in [-0.1, -0.05) is 19.9 Å². The molecule has 1 unspecified atom stereocenters. The quantitative estimate of drug-likeness (QED) is 0.603. The van der Waals surface area contributed by atoms with Crippen LogP contribution in [0.5, 0.6) is 0 Å². The van der Waals surface area contributed by atoms with Gasteiger partial charge in [0.1, 0.15) is 5.69 Å². The van der Waals surface area contributed by atoms with Gasteiger partial charge in [0.05, 0.1) is 11.5 Å². The van der Waals surface area contributed by atoms with E-state index in [-0.39, 0.29) is 18.3 Å². The minimum absolute atomic E-state index is 0.0384. The molecule has 1 aromatic rings. The zero-order chi connectivity index (χ0) is 13.7. The zero-order valence-electron chi connectivity index (χ0n) is 11.0. The molecule has 1 rings (SSSR count). The zero-order valence-corrected chi connectivity index (χ0v) is 11.0. The Morgan fingerprint density at radius 1 is 1.44 bits per heavy atom. The first-order valence-corrected chi connectivity index (χ1v) is 6.06. The number of rotatable bonds is 6. The SMILES string of the molecule is Cc1ccc([N+](=O)[O-])c(NC(CO)CC(C)C)c1. The highest BCUT2D eigenvalue weighted by atomic mass is 16.6. The molecule has 0 aliphatic rings. The summed E-state index contributed by atoms with van der Waals surface area (Å²) in [6.07, 6.45) is 0.765. The number of benzene rings is 1. The van der Waals surface area contributed by atoms with Crippen molar-refractivity contribution in [2.24, 2.45) is 5.92 Å². The third-order valence-electron chi connectivity index (χ3n) is 2.68. The summed E-state index contributed by atoms with van der Waals surface area (Å²) in [5, 5.41) is 23.3. The number of hydrogen-bond donors (Lipinski definition) is 2. The molecular formula is C13H20N2O3. The van der Waals surface area contributed by atoms with E-state index < -0.39 is 4.92 Å². The Balaban J connectivity index is 2.93. The van der Waals surface area contributed by atoms with Gasteiger partial charge in [-0.05, 0) is 30.9 Å². The summed E-state index contributed by atoms with van der Waals surface area (Å²) in [6.45, 7) is 5.94. The van der Waals surface area contributed by atoms with Crippen molar-refractivity contribution in [2.75, 3.05) is 11.9 Å². The maximum absolute atomic E-state index is 10.9. The standard InChI is InChI=1S/C13H20N2O3/c1-9(2)6-11(8-16)14-12-7-10(3)4-5-13(12)15(17)18/h4-5,7,9,11,14,16H,6,8H2,1-3H3. The molecule has 0 radical (unpaired) electrons. The van der Waals surface area contributed by atoms with Crippen LogP contribution in [0.25, 0.3) is 0 Å². The lowest BCUT2D eigenvalue weighted by Crippen LogP contribution is -2.26. The molecule has 5 nitrogen and oxygen atoms in total. The molecule has 0 heterocycles. The maximum atomic E-state index is 10.9. The van der Waals surface area contributed by atoms with Gasteiger partial charge in [-0.25, -0.2) is 0 Å². The van der Waals surface area contributed by atoms with Crippen molar-refractivity contribution < 1.29 is 10.0 Å². The average Bonchev–Trinajstić information content (AvgIpc) is 2.27. The van der Waals surface area contributed by atoms with Crippen LogP contribution in [-0.2, 0) is 0 Å². The highest BCUT2D eigenvalue weighted by Crippen LogP contribution is 2.26. The summed E-state index contributed by atoms with van der Waals surface area (Å²) >= 11 is 0. The first-order chi connectivity index (χ1) is 8.43. The molecule has 2 N–H and O–H groups in total. The van der Waals surface area contributed by atoms with Crippen LogP contribution in [0.4, 0.5) is 11.4 Å². The van der Waals surface area contributed by atoms with Gasteiger partial charge < -0.3 is 10.4 Å². The van der Waals surface area contributed by atoms with Gasteiger partial charge >= 0.3 is 0 Å². The lowest BCUT2D eigenvalue weighted by atomic mass is 10.0. The average molecular weight is 252 g/mol. The molecule has 0 amide bonds. The Morgan fingerprint density at radius 3 is 2.61 bits per heavy atom. The summed E-state index contributed by atoms with van der Waals surface area (Å²) in [7, 11) is 0. The first-order valence-electron chi connectivity index (χ1n) is 6.06. The Kier molecular flexibility index (Phi) is 5.09. The van der Waals surface area contributed by atoms with E-state index in [1.807, 2.05) is 6.92 Å². The molecule has 0 fully saturated rings. The molecule has 0 saturated heterocycles. The van der Waals surface area contributed by atoms with Crippen LogP contribution < -0.4 is 5.32 Å². The number of nitrogens with one attached hydrogen (secondary N) is 1. The minimum Gasteiger partial charge on any atom is -0.394 e. The Morgan fingerprint density at radius 2 is 2.11 bits per heavy atom. The lowest BCUT2D eigenvalue weighted by Gasteiger charge is -2.19. The molecule has 0 bridgehead atoms. The van der Waals surface area contributed by atoms with Gasteiger partial charge in [-0.15, -0.1) is 0 Å². The molecule has 0 spiro atoms. The number of nitrogens with zero attached hydrogens (tertiary/aromatic N) is 1. The Bertz CT molecular complexity index is 419. The predicted molar refractivity (Wildman–Crippen MR) is 71.8 cm³/mol. The van der Waals surface area contributed by atoms with Crippen molar-refractivity contribution >= 4 is 11.4 Å². The Labute approximate surface area is 107 Å². The van der Waals surface area contributed by atoms with Crippen LogP contribution in [0.2, 0.25) is 0 Å². The fourth-order valence-corrected chi connectivity index (χ4v) is 1.89. The van der Waals surface area contributed by atoms with E-state index in [9.17, 15) is 15.2 Å². The smallest absolute Gasteiger partial charge is 0.292 e. The van der Waals surface area contributed by atoms with Crippen molar-refractivity contribution in [3.63, 3.8) is 0 Å². The Hall–Kier alpha value is -1.62. The van der Waals surface area contributed by atoms with Crippen molar-refractivity contribution in [3.8, 4) is 0 Å². The summed E-state index contributed by atoms with van der Waals surface area (Å²) in [6, 6.07) is 4.77. The second-order valence-electron chi connectivity index (χ2n) is 4.93. The maximum Gasteiger partial charge on any atom is 0.292 e. The number of anilines is 1. The number of aryl methyl sites for hydroxylation is 1. The van der Waals surface area contributed by atoms with Crippen molar-refractivity contribution in [1.29, 1.82) is 0 Å². The van der Waals surface area contributed by atoms with Crippen molar-refractivity contribution in [3.05, 3.63) is 33.9 Å². The number of nitro groups is 1. The van der Waals surface area contributed by atoms with Gasteiger partial charge in [-0.3, -0.25) is 10.1 Å². The molecule has 5 heteroatoms. The van der Waals surface area contributed by atoms with Crippen LogP contribution in [0, 0.1) is 23.0 Å². The number of nitro benzene ring substituents is 1. The van der Waals surface area contributed by atoms with E-state index >= 15 is 0 Å². The number of hydrogen-bond acceptors (Lipinski definition) is 4. The van der Waals surface area contributed by atoms with Crippen molar-refractivity contribution in [2.45, 2.75) is 33.2 Å². The lowest BCUT2D eigenvalue weighted by molar-refractivity contribution is -0.384. The molecule has 0 aliphatic heterocycles. The molecule has 0 saturated carbocycles. The number of aliphatic hydroxyl groups excluding tert-OH is 1. The van der Waals surface area contributed by atoms with Gasteiger partial charge in [0.25, 0.3) is 5.69 Å². The summed E-state index contributed by atoms with van der Waals surface area (Å²) < 4.78 is 0. The number of aliphatic hydroxyl groups is 1. The molecule has 0 aromatic heterocycles. The topological polar surface area (TPSA) is 75.4 Å². The third kappa shape index (κ3) is 4.00. The van der Waals surface area contributed by atoms with Gasteiger partial charge in [-0.2, -0.15) is 0 Å². The summed E-state index contributed by atoms with van der Waals surface area (Å²) in [5.74, 6) is 0.415. The molecule has 1 atom stereocenters. The highest BCUT2D eigenvalue weighted by Gasteiger charge is 2.17. The monoisotopic (exact) mass is 252 g/mol. The van der Waals surface area contributed by atoms with E-state index in [0.29, 0.717) is 11.6 Å². The van der Waals surface area contributed by atoms with Crippen molar-refractivity contribution in [1.82, 2.24) is 0 Å². The molecule has 1 aromatic carbocycles. The molecule has 0 aliphatic carbocycles. The van der Waals surface area contributed by atoms with Gasteiger partial charge in [0, 0.05) is 12.1 Å². The molecule has 100 valence electrons. The van der Waals surface area contributed by atoms with Crippen LogP contribution in [0.1, 0.15) is 25.8 Å². The van der Waals surface area contributed by atoms with E-state index in [2.05, 4.69) is 19.2 Å². The van der Waals surface area contributed by atoms with Gasteiger partial charge in [0.15, 0.2) is 0 Å². The van der Waals surface area contributed by atoms with E-state index in [4.69, 9.17) is 0 Å². The van der Waals surface area contributed by atoms with Crippen LogP contribution in [0.3, 0.4) is 0 Å². The largest absolute Gasteiger partial charge is 0.394 e. The van der Waals surface area contributed by atoms with Crippen LogP contribution in [0.15, 0.2) is 18.2 Å². The van der Waals surface area contributed by atoms with Crippen LogP contribution >= 0.6 is 0 Å². The fourth-order valence-electron chi connectivity index (χ4n) is 1.89. The van der Waals surface area contributed by atoms with E-state index in [0.717, 1.165) is 12.0 Å². The fraction of sp³-hybridized carbons (Fsp3) is 0.538. The summed E-state index contributed by atoms with van der Waals surface area (Å²) in [5.41, 5.74) is 1.46. The molecular weight excluding hydrogens is 232 g/mol. The van der Waals surface area contributed by atoms with Crippen LogP contribution in [-0.4, -0.2) is 22.7 Å². The second-order valence-corrected chi connectivity index (χ2v) is 4.93.